The minimum Gasteiger partial charge on any atom is -0.373 e. The highest BCUT2D eigenvalue weighted by atomic mass is 35.5. The lowest BCUT2D eigenvalue weighted by Crippen LogP contribution is -2.13. The van der Waals surface area contributed by atoms with E-state index in [1.54, 1.807) is 24.3 Å². The Hall–Kier alpha value is -1.82. The third-order valence-electron chi connectivity index (χ3n) is 2.38. The fourth-order valence-corrected chi connectivity index (χ4v) is 1.60. The van der Waals surface area contributed by atoms with Gasteiger partial charge in [0, 0.05) is 23.7 Å². The van der Waals surface area contributed by atoms with Gasteiger partial charge in [0.05, 0.1) is 5.69 Å². The molecule has 100 valence electrons. The lowest BCUT2D eigenvalue weighted by Gasteiger charge is -2.10. The maximum atomic E-state index is 12.7. The maximum Gasteiger partial charge on any atom is 0.451 e. The molecule has 19 heavy (non-hydrogen) atoms. The Morgan fingerprint density at radius 1 is 1.11 bits per heavy atom. The average Bonchev–Trinajstić information content (AvgIpc) is 2.38. The van der Waals surface area contributed by atoms with E-state index in [-0.39, 0.29) is 11.5 Å². The Morgan fingerprint density at radius 2 is 1.74 bits per heavy atom. The van der Waals surface area contributed by atoms with Crippen LogP contribution in [0.1, 0.15) is 5.82 Å². The zero-order valence-electron chi connectivity index (χ0n) is 9.79. The molecule has 0 unspecified atom stereocenters. The second kappa shape index (κ2) is 5.05. The number of benzene rings is 1. The predicted molar refractivity (Wildman–Crippen MR) is 67.0 cm³/mol. The predicted octanol–water partition coefficient (Wildman–Crippen LogP) is 3.86. The lowest BCUT2D eigenvalue weighted by molar-refractivity contribution is -0.144. The number of rotatable bonds is 2. The summed E-state index contributed by atoms with van der Waals surface area (Å²) >= 11 is 5.74. The fraction of sp³-hybridized carbons (Fsp3) is 0.167. The van der Waals surface area contributed by atoms with E-state index in [9.17, 15) is 13.2 Å². The van der Waals surface area contributed by atoms with E-state index in [1.807, 2.05) is 0 Å². The molecule has 2 aromatic rings. The van der Waals surface area contributed by atoms with Crippen LogP contribution in [0.25, 0.3) is 11.3 Å². The van der Waals surface area contributed by atoms with Gasteiger partial charge in [-0.3, -0.25) is 0 Å². The van der Waals surface area contributed by atoms with E-state index < -0.39 is 12.0 Å². The van der Waals surface area contributed by atoms with Crippen LogP contribution in [0.2, 0.25) is 5.02 Å². The molecule has 1 aromatic carbocycles. The van der Waals surface area contributed by atoms with Gasteiger partial charge in [-0.1, -0.05) is 23.7 Å². The molecule has 0 aliphatic heterocycles. The van der Waals surface area contributed by atoms with Crippen molar-refractivity contribution in [1.29, 1.82) is 0 Å². The molecule has 1 heterocycles. The van der Waals surface area contributed by atoms with Gasteiger partial charge >= 0.3 is 6.18 Å². The molecule has 1 N–H and O–H groups in total. The quantitative estimate of drug-likeness (QED) is 0.911. The van der Waals surface area contributed by atoms with E-state index in [1.165, 1.54) is 13.1 Å². The van der Waals surface area contributed by atoms with Gasteiger partial charge in [0.2, 0.25) is 5.82 Å². The van der Waals surface area contributed by atoms with E-state index >= 15 is 0 Å². The monoisotopic (exact) mass is 287 g/mol. The van der Waals surface area contributed by atoms with Gasteiger partial charge in [0.25, 0.3) is 0 Å². The first-order chi connectivity index (χ1) is 8.90. The van der Waals surface area contributed by atoms with Crippen molar-refractivity contribution in [3.63, 3.8) is 0 Å². The average molecular weight is 288 g/mol. The van der Waals surface area contributed by atoms with Crippen molar-refractivity contribution in [2.24, 2.45) is 0 Å². The SMILES string of the molecule is CNc1cc(-c2ccc(Cl)cc2)nc(C(F)(F)F)n1. The molecule has 3 nitrogen and oxygen atoms in total. The van der Waals surface area contributed by atoms with Gasteiger partial charge in [0.15, 0.2) is 0 Å². The molecule has 0 saturated carbocycles. The first-order valence-corrected chi connectivity index (χ1v) is 5.68. The van der Waals surface area contributed by atoms with Gasteiger partial charge in [-0.15, -0.1) is 0 Å². The van der Waals surface area contributed by atoms with Gasteiger partial charge in [-0.05, 0) is 12.1 Å². The van der Waals surface area contributed by atoms with Gasteiger partial charge in [-0.25, -0.2) is 9.97 Å². The minimum absolute atomic E-state index is 0.104. The molecule has 0 aliphatic carbocycles. The van der Waals surface area contributed by atoms with Gasteiger partial charge in [-0.2, -0.15) is 13.2 Å². The highest BCUT2D eigenvalue weighted by Gasteiger charge is 2.35. The number of halogens is 4. The van der Waals surface area contributed by atoms with Gasteiger partial charge < -0.3 is 5.32 Å². The van der Waals surface area contributed by atoms with Crippen LogP contribution in [0.15, 0.2) is 30.3 Å². The number of aromatic nitrogens is 2. The Morgan fingerprint density at radius 3 is 2.26 bits per heavy atom. The van der Waals surface area contributed by atoms with Crippen LogP contribution < -0.4 is 5.32 Å². The molecule has 0 amide bonds. The highest BCUT2D eigenvalue weighted by molar-refractivity contribution is 6.30. The third-order valence-corrected chi connectivity index (χ3v) is 2.63. The molecule has 0 aliphatic rings. The van der Waals surface area contributed by atoms with Crippen LogP contribution >= 0.6 is 11.6 Å². The Labute approximate surface area is 112 Å². The molecular formula is C12H9ClF3N3. The zero-order chi connectivity index (χ0) is 14.0. The summed E-state index contributed by atoms with van der Waals surface area (Å²) in [5.74, 6) is -1.07. The van der Waals surface area contributed by atoms with Gasteiger partial charge in [0.1, 0.15) is 5.82 Å². The standard InChI is InChI=1S/C12H9ClF3N3/c1-17-10-6-9(7-2-4-8(13)5-3-7)18-11(19-10)12(14,15)16/h2-6H,1H3,(H,17,18,19). The number of nitrogens with zero attached hydrogens (tertiary/aromatic N) is 2. The molecule has 7 heteroatoms. The van der Waals surface area contributed by atoms with Crippen molar-refractivity contribution in [2.45, 2.75) is 6.18 Å². The minimum atomic E-state index is -4.59. The molecule has 0 radical (unpaired) electrons. The topological polar surface area (TPSA) is 37.8 Å². The van der Waals surface area contributed by atoms with Crippen LogP contribution in [0.3, 0.4) is 0 Å². The number of alkyl halides is 3. The molecule has 2 rings (SSSR count). The van der Waals surface area contributed by atoms with E-state index in [4.69, 9.17) is 11.6 Å². The molecular weight excluding hydrogens is 279 g/mol. The maximum absolute atomic E-state index is 12.7. The first kappa shape index (κ1) is 13.6. The number of nitrogens with one attached hydrogen (secondary N) is 1. The molecule has 0 saturated heterocycles. The van der Waals surface area contributed by atoms with E-state index in [2.05, 4.69) is 15.3 Å². The smallest absolute Gasteiger partial charge is 0.373 e. The van der Waals surface area contributed by atoms with Crippen molar-refractivity contribution in [3.05, 3.63) is 41.2 Å². The highest BCUT2D eigenvalue weighted by Crippen LogP contribution is 2.30. The normalized spacial score (nSPS) is 11.4. The van der Waals surface area contributed by atoms with Crippen molar-refractivity contribution in [3.8, 4) is 11.3 Å². The summed E-state index contributed by atoms with van der Waals surface area (Å²) in [6.07, 6.45) is -4.59. The molecule has 0 atom stereocenters. The van der Waals surface area contributed by atoms with Crippen LogP contribution in [-0.4, -0.2) is 17.0 Å². The summed E-state index contributed by atoms with van der Waals surface area (Å²) in [5.41, 5.74) is 0.720. The van der Waals surface area contributed by atoms with Crippen LogP contribution in [0, 0.1) is 0 Å². The van der Waals surface area contributed by atoms with E-state index in [0.29, 0.717) is 10.6 Å². The zero-order valence-corrected chi connectivity index (χ0v) is 10.5. The molecule has 0 spiro atoms. The molecule has 1 aromatic heterocycles. The first-order valence-electron chi connectivity index (χ1n) is 5.30. The van der Waals surface area contributed by atoms with E-state index in [0.717, 1.165) is 0 Å². The third kappa shape index (κ3) is 3.14. The fourth-order valence-electron chi connectivity index (χ4n) is 1.47. The summed E-state index contributed by atoms with van der Waals surface area (Å²) in [7, 11) is 1.49. The van der Waals surface area contributed by atoms with Crippen molar-refractivity contribution >= 4 is 17.4 Å². The van der Waals surface area contributed by atoms with Crippen molar-refractivity contribution in [2.75, 3.05) is 12.4 Å². The summed E-state index contributed by atoms with van der Waals surface area (Å²) in [5, 5.41) is 3.09. The summed E-state index contributed by atoms with van der Waals surface area (Å²) < 4.78 is 38.1. The number of hydrogen-bond acceptors (Lipinski definition) is 3. The molecule has 0 bridgehead atoms. The number of anilines is 1. The van der Waals surface area contributed by atoms with Crippen molar-refractivity contribution < 1.29 is 13.2 Å². The summed E-state index contributed by atoms with van der Waals surface area (Å²) in [6, 6.07) is 7.82. The molecule has 0 fully saturated rings. The summed E-state index contributed by atoms with van der Waals surface area (Å²) in [6.45, 7) is 0. The van der Waals surface area contributed by atoms with Crippen LogP contribution in [-0.2, 0) is 6.18 Å². The van der Waals surface area contributed by atoms with Crippen LogP contribution in [0.4, 0.5) is 19.0 Å². The lowest BCUT2D eigenvalue weighted by atomic mass is 10.1. The largest absolute Gasteiger partial charge is 0.451 e. The Balaban J connectivity index is 2.54. The number of hydrogen-bond donors (Lipinski definition) is 1. The Kier molecular flexibility index (Phi) is 3.61. The Bertz CT molecular complexity index is 582. The second-order valence-corrected chi connectivity index (χ2v) is 4.15. The summed E-state index contributed by atoms with van der Waals surface area (Å²) in [4.78, 5) is 6.93. The van der Waals surface area contributed by atoms with Crippen molar-refractivity contribution in [1.82, 2.24) is 9.97 Å². The van der Waals surface area contributed by atoms with Crippen LogP contribution in [0.5, 0.6) is 0 Å². The second-order valence-electron chi connectivity index (χ2n) is 3.72.